The molecule has 2 nitrogen and oxygen atoms in total. The second-order valence-corrected chi connectivity index (χ2v) is 4.27. The molecule has 70 valence electrons. The van der Waals surface area contributed by atoms with Gasteiger partial charge in [-0.1, -0.05) is 0 Å². The highest BCUT2D eigenvalue weighted by Crippen LogP contribution is 2.35. The molecule has 13 heavy (non-hydrogen) atoms. The van der Waals surface area contributed by atoms with Crippen LogP contribution in [0.3, 0.4) is 0 Å². The van der Waals surface area contributed by atoms with E-state index in [0.717, 1.165) is 12.5 Å². The second-order valence-electron chi connectivity index (χ2n) is 4.27. The van der Waals surface area contributed by atoms with Gasteiger partial charge in [-0.3, -0.25) is 0 Å². The van der Waals surface area contributed by atoms with Crippen LogP contribution in [0.4, 0.5) is 0 Å². The average Bonchev–Trinajstić information content (AvgIpc) is 2.65. The Kier molecular flexibility index (Phi) is 1.69. The minimum Gasteiger partial charge on any atom is -0.384 e. The van der Waals surface area contributed by atoms with Crippen LogP contribution in [0.25, 0.3) is 0 Å². The fourth-order valence-electron chi connectivity index (χ4n) is 2.87. The summed E-state index contributed by atoms with van der Waals surface area (Å²) in [6.45, 7) is 2.34. The lowest BCUT2D eigenvalue weighted by Crippen LogP contribution is -2.37. The first kappa shape index (κ1) is 7.63. The monoisotopic (exact) mass is 176 g/mol. The Balaban J connectivity index is 1.98. The van der Waals surface area contributed by atoms with Gasteiger partial charge in [-0.25, -0.2) is 0 Å². The zero-order chi connectivity index (χ0) is 8.67. The lowest BCUT2D eigenvalue weighted by molar-refractivity contribution is 0.386. The van der Waals surface area contributed by atoms with Crippen molar-refractivity contribution in [2.24, 2.45) is 5.92 Å². The van der Waals surface area contributed by atoms with Crippen molar-refractivity contribution >= 4 is 0 Å². The second kappa shape index (κ2) is 2.88. The molecule has 0 bridgehead atoms. The molecule has 0 aromatic rings. The summed E-state index contributed by atoms with van der Waals surface area (Å²) in [5, 5.41) is 6.90. The molecule has 0 radical (unpaired) electrons. The van der Waals surface area contributed by atoms with Gasteiger partial charge in [-0.2, -0.15) is 0 Å². The van der Waals surface area contributed by atoms with Crippen LogP contribution >= 0.6 is 0 Å². The third-order valence-corrected chi connectivity index (χ3v) is 3.59. The molecule has 1 fully saturated rings. The molecule has 2 aliphatic heterocycles. The third-order valence-electron chi connectivity index (χ3n) is 3.59. The van der Waals surface area contributed by atoms with E-state index in [4.69, 9.17) is 0 Å². The normalized spacial score (nSPS) is 36.9. The molecule has 0 saturated carbocycles. The molecule has 2 heterocycles. The predicted octanol–water partition coefficient (Wildman–Crippen LogP) is 1.17. The van der Waals surface area contributed by atoms with Crippen LogP contribution in [-0.4, -0.2) is 19.1 Å². The lowest BCUT2D eigenvalue weighted by atomic mass is 9.77. The number of hydrogen-bond donors (Lipinski definition) is 2. The van der Waals surface area contributed by atoms with E-state index in [9.17, 15) is 0 Å². The fourth-order valence-corrected chi connectivity index (χ4v) is 2.87. The highest BCUT2D eigenvalue weighted by Gasteiger charge is 2.31. The van der Waals surface area contributed by atoms with Crippen molar-refractivity contribution in [1.29, 1.82) is 0 Å². The van der Waals surface area contributed by atoms with Crippen molar-refractivity contribution in [3.05, 3.63) is 23.4 Å². The number of rotatable bonds is 0. The molecule has 2 N–H and O–H groups in total. The first-order valence-corrected chi connectivity index (χ1v) is 5.31. The summed E-state index contributed by atoms with van der Waals surface area (Å²) in [6.07, 6.45) is 8.46. The van der Waals surface area contributed by atoms with Gasteiger partial charge in [0.15, 0.2) is 0 Å². The summed E-state index contributed by atoms with van der Waals surface area (Å²) >= 11 is 0. The molecule has 1 aliphatic carbocycles. The van der Waals surface area contributed by atoms with E-state index < -0.39 is 0 Å². The third kappa shape index (κ3) is 1.12. The van der Waals surface area contributed by atoms with Gasteiger partial charge in [-0.05, 0) is 55.1 Å². The molecule has 1 saturated heterocycles. The van der Waals surface area contributed by atoms with Crippen LogP contribution in [0.1, 0.15) is 19.3 Å². The highest BCUT2D eigenvalue weighted by atomic mass is 14.9. The first-order valence-electron chi connectivity index (χ1n) is 5.31. The Hall–Kier alpha value is -0.760. The standard InChI is InChI=1S/C11H16N2/c1-2-11-9(4-6-13-11)10-7-12-5-3-8(1)10/h4,6,8,11-13H,1-3,5,7H2. The predicted molar refractivity (Wildman–Crippen MR) is 53.3 cm³/mol. The molecular weight excluding hydrogens is 160 g/mol. The molecule has 0 amide bonds. The summed E-state index contributed by atoms with van der Waals surface area (Å²) in [5.41, 5.74) is 3.27. The molecular formula is C11H16N2. The quantitative estimate of drug-likeness (QED) is 0.579. The van der Waals surface area contributed by atoms with Gasteiger partial charge in [0.05, 0.1) is 6.04 Å². The van der Waals surface area contributed by atoms with Gasteiger partial charge in [0.2, 0.25) is 0 Å². The molecule has 3 aliphatic rings. The largest absolute Gasteiger partial charge is 0.384 e. The minimum atomic E-state index is 0.645. The zero-order valence-electron chi connectivity index (χ0n) is 7.84. The van der Waals surface area contributed by atoms with Gasteiger partial charge in [0.25, 0.3) is 0 Å². The van der Waals surface area contributed by atoms with Crippen molar-refractivity contribution in [2.75, 3.05) is 13.1 Å². The molecule has 2 heteroatoms. The van der Waals surface area contributed by atoms with Crippen LogP contribution in [-0.2, 0) is 0 Å². The SMILES string of the molecule is C1=CC2=C3CNCCC3CCC2N1. The van der Waals surface area contributed by atoms with Crippen molar-refractivity contribution in [3.8, 4) is 0 Å². The van der Waals surface area contributed by atoms with Crippen molar-refractivity contribution < 1.29 is 0 Å². The molecule has 0 aromatic heterocycles. The first-order chi connectivity index (χ1) is 6.45. The number of nitrogens with one attached hydrogen (secondary N) is 2. The van der Waals surface area contributed by atoms with E-state index in [2.05, 4.69) is 22.9 Å². The van der Waals surface area contributed by atoms with E-state index in [1.165, 1.54) is 25.8 Å². The van der Waals surface area contributed by atoms with Gasteiger partial charge in [-0.15, -0.1) is 0 Å². The van der Waals surface area contributed by atoms with Crippen molar-refractivity contribution in [1.82, 2.24) is 10.6 Å². The number of piperidine rings is 1. The molecule has 2 unspecified atom stereocenters. The van der Waals surface area contributed by atoms with E-state index in [1.807, 2.05) is 0 Å². The van der Waals surface area contributed by atoms with E-state index in [1.54, 1.807) is 11.1 Å². The van der Waals surface area contributed by atoms with Crippen molar-refractivity contribution in [3.63, 3.8) is 0 Å². The Morgan fingerprint density at radius 1 is 1.23 bits per heavy atom. The summed E-state index contributed by atoms with van der Waals surface area (Å²) in [7, 11) is 0. The zero-order valence-corrected chi connectivity index (χ0v) is 7.84. The Morgan fingerprint density at radius 2 is 2.23 bits per heavy atom. The number of fused-ring (bicyclic) bond motifs is 2. The van der Waals surface area contributed by atoms with E-state index in [0.29, 0.717) is 6.04 Å². The van der Waals surface area contributed by atoms with Gasteiger partial charge in [0.1, 0.15) is 0 Å². The van der Waals surface area contributed by atoms with E-state index >= 15 is 0 Å². The highest BCUT2D eigenvalue weighted by molar-refractivity contribution is 5.39. The Labute approximate surface area is 79.1 Å². The summed E-state index contributed by atoms with van der Waals surface area (Å²) in [5.74, 6) is 0.886. The lowest BCUT2D eigenvalue weighted by Gasteiger charge is -2.34. The molecule has 0 spiro atoms. The Morgan fingerprint density at radius 3 is 3.23 bits per heavy atom. The van der Waals surface area contributed by atoms with Crippen LogP contribution < -0.4 is 10.6 Å². The van der Waals surface area contributed by atoms with Crippen molar-refractivity contribution in [2.45, 2.75) is 25.3 Å². The maximum atomic E-state index is 3.48. The summed E-state index contributed by atoms with van der Waals surface area (Å²) in [4.78, 5) is 0. The minimum absolute atomic E-state index is 0.645. The summed E-state index contributed by atoms with van der Waals surface area (Å²) < 4.78 is 0. The molecule has 3 rings (SSSR count). The maximum Gasteiger partial charge on any atom is 0.0509 e. The summed E-state index contributed by atoms with van der Waals surface area (Å²) in [6, 6.07) is 0.645. The fraction of sp³-hybridized carbons (Fsp3) is 0.636. The number of hydrogen-bond acceptors (Lipinski definition) is 2. The van der Waals surface area contributed by atoms with Gasteiger partial charge in [0, 0.05) is 6.54 Å². The van der Waals surface area contributed by atoms with Gasteiger partial charge < -0.3 is 10.6 Å². The topological polar surface area (TPSA) is 24.1 Å². The van der Waals surface area contributed by atoms with Crippen LogP contribution in [0.15, 0.2) is 23.4 Å². The van der Waals surface area contributed by atoms with Gasteiger partial charge >= 0.3 is 0 Å². The Bertz CT molecular complexity index is 278. The van der Waals surface area contributed by atoms with Crippen LogP contribution in [0.2, 0.25) is 0 Å². The van der Waals surface area contributed by atoms with Crippen LogP contribution in [0.5, 0.6) is 0 Å². The molecule has 2 atom stereocenters. The smallest absolute Gasteiger partial charge is 0.0509 e. The maximum absolute atomic E-state index is 3.48. The van der Waals surface area contributed by atoms with Crippen LogP contribution in [0, 0.1) is 5.92 Å². The average molecular weight is 176 g/mol. The molecule has 0 aromatic carbocycles. The van der Waals surface area contributed by atoms with E-state index in [-0.39, 0.29) is 0 Å².